The van der Waals surface area contributed by atoms with Crippen LogP contribution in [0.4, 0.5) is 5.82 Å². The lowest BCUT2D eigenvalue weighted by atomic mass is 10.2. The first kappa shape index (κ1) is 15.2. The maximum Gasteiger partial charge on any atom is 0.247 e. The van der Waals surface area contributed by atoms with Gasteiger partial charge in [-0.15, -0.1) is 10.2 Å². The Morgan fingerprint density at radius 2 is 2.04 bits per heavy atom. The van der Waals surface area contributed by atoms with Gasteiger partial charge in [-0.05, 0) is 31.2 Å². The smallest absolute Gasteiger partial charge is 0.247 e. The van der Waals surface area contributed by atoms with Gasteiger partial charge in [0.05, 0.1) is 0 Å². The number of carbonyl (C=O) groups is 1. The van der Waals surface area contributed by atoms with Gasteiger partial charge in [-0.1, -0.05) is 16.8 Å². The molecule has 0 aliphatic carbocycles. The van der Waals surface area contributed by atoms with E-state index in [1.807, 2.05) is 0 Å². The normalized spacial score (nSPS) is 10.7. The first-order chi connectivity index (χ1) is 11.1. The second kappa shape index (κ2) is 6.62. The van der Waals surface area contributed by atoms with Crippen molar-refractivity contribution in [3.05, 3.63) is 47.0 Å². The Labute approximate surface area is 136 Å². The van der Waals surface area contributed by atoms with E-state index >= 15 is 0 Å². The molecule has 118 valence electrons. The topological polar surface area (TPSA) is 94.1 Å². The Morgan fingerprint density at radius 1 is 1.26 bits per heavy atom. The predicted octanol–water partition coefficient (Wildman–Crippen LogP) is 3.26. The molecular weight excluding hydrogens is 320 g/mol. The molecule has 2 aromatic heterocycles. The summed E-state index contributed by atoms with van der Waals surface area (Å²) in [6.45, 7) is 1.75. The fourth-order valence-corrected chi connectivity index (χ4v) is 2.04. The van der Waals surface area contributed by atoms with Crippen LogP contribution in [-0.4, -0.2) is 21.3 Å². The number of amides is 1. The molecule has 7 nitrogen and oxygen atoms in total. The number of aromatic nitrogens is 3. The zero-order valence-corrected chi connectivity index (χ0v) is 13.0. The molecule has 0 aliphatic heterocycles. The van der Waals surface area contributed by atoms with E-state index in [0.29, 0.717) is 34.8 Å². The molecule has 0 saturated carbocycles. The first-order valence-electron chi connectivity index (χ1n) is 6.91. The van der Waals surface area contributed by atoms with Gasteiger partial charge in [-0.3, -0.25) is 4.79 Å². The summed E-state index contributed by atoms with van der Waals surface area (Å²) in [7, 11) is 0. The highest BCUT2D eigenvalue weighted by Gasteiger charge is 2.11. The van der Waals surface area contributed by atoms with Crippen molar-refractivity contribution in [2.75, 3.05) is 5.32 Å². The second-order valence-electron chi connectivity index (χ2n) is 4.88. The highest BCUT2D eigenvalue weighted by atomic mass is 35.5. The summed E-state index contributed by atoms with van der Waals surface area (Å²) in [5.41, 5.74) is 0.774. The number of nitrogens with one attached hydrogen (secondary N) is 1. The van der Waals surface area contributed by atoms with Crippen LogP contribution in [-0.2, 0) is 11.2 Å². The largest absolute Gasteiger partial charge is 0.421 e. The van der Waals surface area contributed by atoms with Crippen molar-refractivity contribution in [3.8, 4) is 11.5 Å². The summed E-state index contributed by atoms with van der Waals surface area (Å²) >= 11 is 5.83. The monoisotopic (exact) mass is 332 g/mol. The number of hydrogen-bond donors (Lipinski definition) is 1. The molecule has 1 aromatic carbocycles. The van der Waals surface area contributed by atoms with E-state index in [0.717, 1.165) is 5.56 Å². The summed E-state index contributed by atoms with van der Waals surface area (Å²) in [6, 6.07) is 8.71. The van der Waals surface area contributed by atoms with Crippen molar-refractivity contribution in [1.82, 2.24) is 15.4 Å². The fraction of sp³-hybridized carbons (Fsp3) is 0.200. The molecule has 1 amide bonds. The molecule has 3 rings (SSSR count). The van der Waals surface area contributed by atoms with Crippen LogP contribution >= 0.6 is 11.6 Å². The van der Waals surface area contributed by atoms with Gasteiger partial charge in [-0.25, -0.2) is 0 Å². The van der Waals surface area contributed by atoms with Crippen LogP contribution in [0.2, 0.25) is 5.02 Å². The van der Waals surface area contributed by atoms with E-state index in [4.69, 9.17) is 20.5 Å². The number of rotatable bonds is 5. The van der Waals surface area contributed by atoms with Crippen LogP contribution in [0.5, 0.6) is 0 Å². The minimum absolute atomic E-state index is 0.203. The molecule has 0 bridgehead atoms. The maximum absolute atomic E-state index is 11.8. The third-order valence-corrected chi connectivity index (χ3v) is 3.27. The van der Waals surface area contributed by atoms with Crippen LogP contribution in [0.1, 0.15) is 18.1 Å². The molecule has 0 fully saturated rings. The molecular formula is C15H13ClN4O3. The minimum Gasteiger partial charge on any atom is -0.421 e. The van der Waals surface area contributed by atoms with Crippen molar-refractivity contribution in [3.63, 3.8) is 0 Å². The fourth-order valence-electron chi connectivity index (χ4n) is 1.91. The highest BCUT2D eigenvalue weighted by molar-refractivity contribution is 6.30. The first-order valence-corrected chi connectivity index (χ1v) is 7.29. The van der Waals surface area contributed by atoms with Crippen LogP contribution in [0.15, 0.2) is 39.3 Å². The second-order valence-corrected chi connectivity index (χ2v) is 5.32. The third kappa shape index (κ3) is 3.95. The van der Waals surface area contributed by atoms with E-state index < -0.39 is 0 Å². The molecule has 0 spiro atoms. The van der Waals surface area contributed by atoms with Crippen molar-refractivity contribution >= 4 is 23.3 Å². The number of aryl methyl sites for hydroxylation is 2. The molecule has 3 aromatic rings. The number of hydrogen-bond acceptors (Lipinski definition) is 6. The van der Waals surface area contributed by atoms with Crippen LogP contribution < -0.4 is 5.32 Å². The van der Waals surface area contributed by atoms with Crippen molar-refractivity contribution in [1.29, 1.82) is 0 Å². The van der Waals surface area contributed by atoms with Crippen LogP contribution in [0, 0.1) is 6.92 Å². The van der Waals surface area contributed by atoms with Gasteiger partial charge in [0.25, 0.3) is 0 Å². The Bertz CT molecular complexity index is 810. The van der Waals surface area contributed by atoms with Crippen molar-refractivity contribution in [2.24, 2.45) is 0 Å². The van der Waals surface area contributed by atoms with Gasteiger partial charge >= 0.3 is 0 Å². The summed E-state index contributed by atoms with van der Waals surface area (Å²) in [5.74, 6) is 1.60. The minimum atomic E-state index is -0.204. The van der Waals surface area contributed by atoms with Crippen molar-refractivity contribution < 1.29 is 13.7 Å². The van der Waals surface area contributed by atoms with Crippen molar-refractivity contribution in [2.45, 2.75) is 19.8 Å². The van der Waals surface area contributed by atoms with E-state index in [1.54, 1.807) is 37.3 Å². The average Bonchev–Trinajstić information content (AvgIpc) is 3.15. The third-order valence-electron chi connectivity index (χ3n) is 3.02. The zero-order valence-electron chi connectivity index (χ0n) is 12.2. The molecule has 0 atom stereocenters. The lowest BCUT2D eigenvalue weighted by Gasteiger charge is -1.98. The highest BCUT2D eigenvalue weighted by Crippen LogP contribution is 2.20. The Balaban J connectivity index is 1.56. The van der Waals surface area contributed by atoms with Gasteiger partial charge in [0.2, 0.25) is 17.7 Å². The predicted molar refractivity (Wildman–Crippen MR) is 82.9 cm³/mol. The average molecular weight is 333 g/mol. The summed E-state index contributed by atoms with van der Waals surface area (Å²) in [5, 5.41) is 14.9. The molecule has 1 N–H and O–H groups in total. The lowest BCUT2D eigenvalue weighted by Crippen LogP contribution is -2.12. The zero-order chi connectivity index (χ0) is 16.2. The van der Waals surface area contributed by atoms with Gasteiger partial charge in [0, 0.05) is 29.5 Å². The Hall–Kier alpha value is -2.67. The molecule has 0 radical (unpaired) electrons. The van der Waals surface area contributed by atoms with Crippen LogP contribution in [0.25, 0.3) is 11.5 Å². The standard InChI is InChI=1S/C15H13ClN4O3/c1-9-8-12(20-23-9)17-13(21)6-7-14-18-19-15(22-14)10-2-4-11(16)5-3-10/h2-5,8H,6-7H2,1H3,(H,17,20,21). The molecule has 2 heterocycles. The SMILES string of the molecule is Cc1cc(NC(=O)CCc2nnc(-c3ccc(Cl)cc3)o2)no1. The summed E-state index contributed by atoms with van der Waals surface area (Å²) < 4.78 is 10.4. The van der Waals surface area contributed by atoms with E-state index in [-0.39, 0.29) is 12.3 Å². The summed E-state index contributed by atoms with van der Waals surface area (Å²) in [4.78, 5) is 11.8. The van der Waals surface area contributed by atoms with E-state index in [9.17, 15) is 4.79 Å². The van der Waals surface area contributed by atoms with Gasteiger partial charge in [0.15, 0.2) is 5.82 Å². The molecule has 0 unspecified atom stereocenters. The maximum atomic E-state index is 11.8. The molecule has 23 heavy (non-hydrogen) atoms. The molecule has 0 saturated heterocycles. The van der Waals surface area contributed by atoms with Gasteiger partial charge < -0.3 is 14.3 Å². The quantitative estimate of drug-likeness (QED) is 0.770. The summed E-state index contributed by atoms with van der Waals surface area (Å²) in [6.07, 6.45) is 0.539. The number of halogens is 1. The van der Waals surface area contributed by atoms with E-state index in [2.05, 4.69) is 20.7 Å². The Morgan fingerprint density at radius 3 is 2.74 bits per heavy atom. The number of nitrogens with zero attached hydrogens (tertiary/aromatic N) is 3. The lowest BCUT2D eigenvalue weighted by molar-refractivity contribution is -0.116. The van der Waals surface area contributed by atoms with E-state index in [1.165, 1.54) is 0 Å². The Kier molecular flexibility index (Phi) is 4.38. The molecule has 0 aliphatic rings. The van der Waals surface area contributed by atoms with Gasteiger partial charge in [0.1, 0.15) is 5.76 Å². The molecule has 8 heteroatoms. The number of benzene rings is 1. The number of anilines is 1. The number of carbonyl (C=O) groups excluding carboxylic acids is 1. The van der Waals surface area contributed by atoms with Crippen LogP contribution in [0.3, 0.4) is 0 Å². The van der Waals surface area contributed by atoms with Gasteiger partial charge in [-0.2, -0.15) is 0 Å².